The van der Waals surface area contributed by atoms with E-state index in [4.69, 9.17) is 0 Å². The lowest BCUT2D eigenvalue weighted by Gasteiger charge is -2.04. The molecule has 0 spiro atoms. The first-order valence-electron chi connectivity index (χ1n) is 5.06. The summed E-state index contributed by atoms with van der Waals surface area (Å²) in [6.45, 7) is 8.10. The molecule has 0 saturated heterocycles. The molecule has 1 heterocycles. The molecule has 0 fully saturated rings. The van der Waals surface area contributed by atoms with Crippen molar-refractivity contribution in [2.75, 3.05) is 0 Å². The van der Waals surface area contributed by atoms with Crippen LogP contribution in [0.4, 0.5) is 0 Å². The molecule has 1 aromatic carbocycles. The van der Waals surface area contributed by atoms with Gasteiger partial charge in [-0.3, -0.25) is 0 Å². The van der Waals surface area contributed by atoms with Gasteiger partial charge in [0.05, 0.1) is 17.1 Å². The molecule has 0 aliphatic heterocycles. The van der Waals surface area contributed by atoms with Crippen LogP contribution in [0.1, 0.15) is 22.5 Å². The summed E-state index contributed by atoms with van der Waals surface area (Å²) in [4.78, 5) is 1.72. The zero-order valence-corrected chi connectivity index (χ0v) is 9.57. The van der Waals surface area contributed by atoms with Gasteiger partial charge in [-0.05, 0) is 44.9 Å². The summed E-state index contributed by atoms with van der Waals surface area (Å²) in [5.74, 6) is 0. The van der Waals surface area contributed by atoms with Crippen LogP contribution < -0.4 is 0 Å². The SMILES string of the molecule is Cc1ccc(C)c(-n2nc(C)c(C)n2)c1. The summed E-state index contributed by atoms with van der Waals surface area (Å²) in [5, 5.41) is 8.78. The number of aromatic nitrogens is 3. The molecule has 0 unspecified atom stereocenters. The van der Waals surface area contributed by atoms with E-state index in [2.05, 4.69) is 42.2 Å². The Morgan fingerprint density at radius 1 is 0.933 bits per heavy atom. The Morgan fingerprint density at radius 2 is 1.53 bits per heavy atom. The van der Waals surface area contributed by atoms with Gasteiger partial charge in [0.2, 0.25) is 0 Å². The third kappa shape index (κ3) is 1.77. The molecule has 1 aromatic heterocycles. The fourth-order valence-corrected chi connectivity index (χ4v) is 1.49. The molecule has 0 aliphatic carbocycles. The molecule has 78 valence electrons. The van der Waals surface area contributed by atoms with E-state index in [0.717, 1.165) is 17.1 Å². The minimum absolute atomic E-state index is 0.982. The molecule has 3 heteroatoms. The van der Waals surface area contributed by atoms with Gasteiger partial charge in [-0.15, -0.1) is 0 Å². The average molecular weight is 201 g/mol. The van der Waals surface area contributed by atoms with Crippen LogP contribution in [0.25, 0.3) is 5.69 Å². The van der Waals surface area contributed by atoms with Gasteiger partial charge >= 0.3 is 0 Å². The minimum Gasteiger partial charge on any atom is -0.153 e. The zero-order valence-electron chi connectivity index (χ0n) is 9.57. The molecule has 0 amide bonds. The first kappa shape index (κ1) is 9.90. The van der Waals surface area contributed by atoms with Gasteiger partial charge in [0.1, 0.15) is 0 Å². The first-order chi connectivity index (χ1) is 7.08. The van der Waals surface area contributed by atoms with E-state index in [1.54, 1.807) is 4.80 Å². The minimum atomic E-state index is 0.982. The van der Waals surface area contributed by atoms with Gasteiger partial charge < -0.3 is 0 Å². The number of aryl methyl sites for hydroxylation is 4. The van der Waals surface area contributed by atoms with Crippen LogP contribution in [-0.2, 0) is 0 Å². The Hall–Kier alpha value is -1.64. The molecule has 3 nitrogen and oxygen atoms in total. The highest BCUT2D eigenvalue weighted by molar-refractivity contribution is 5.41. The molecule has 0 atom stereocenters. The Bertz CT molecular complexity index is 478. The Kier molecular flexibility index (Phi) is 2.31. The lowest BCUT2D eigenvalue weighted by molar-refractivity contribution is 0.735. The van der Waals surface area contributed by atoms with Crippen molar-refractivity contribution in [1.82, 2.24) is 15.0 Å². The summed E-state index contributed by atoms with van der Waals surface area (Å²) in [7, 11) is 0. The normalized spacial score (nSPS) is 10.7. The Labute approximate surface area is 89.7 Å². The third-order valence-corrected chi connectivity index (χ3v) is 2.59. The summed E-state index contributed by atoms with van der Waals surface area (Å²) in [5.41, 5.74) is 5.44. The van der Waals surface area contributed by atoms with Gasteiger partial charge in [0, 0.05) is 0 Å². The van der Waals surface area contributed by atoms with Crippen molar-refractivity contribution >= 4 is 0 Å². The van der Waals surface area contributed by atoms with Crippen LogP contribution in [-0.4, -0.2) is 15.0 Å². The molecule has 15 heavy (non-hydrogen) atoms. The number of benzene rings is 1. The lowest BCUT2D eigenvalue weighted by Crippen LogP contribution is -2.01. The van der Waals surface area contributed by atoms with Gasteiger partial charge in [-0.25, -0.2) is 0 Å². The van der Waals surface area contributed by atoms with Crippen LogP contribution in [0.3, 0.4) is 0 Å². The van der Waals surface area contributed by atoms with E-state index < -0.39 is 0 Å². The molecular weight excluding hydrogens is 186 g/mol. The zero-order chi connectivity index (χ0) is 11.0. The maximum atomic E-state index is 4.39. The van der Waals surface area contributed by atoms with Gasteiger partial charge in [-0.1, -0.05) is 12.1 Å². The number of hydrogen-bond acceptors (Lipinski definition) is 2. The molecule has 0 bridgehead atoms. The van der Waals surface area contributed by atoms with Crippen molar-refractivity contribution in [1.29, 1.82) is 0 Å². The molecule has 2 rings (SSSR count). The van der Waals surface area contributed by atoms with Crippen molar-refractivity contribution in [3.8, 4) is 5.69 Å². The van der Waals surface area contributed by atoms with E-state index >= 15 is 0 Å². The first-order valence-corrected chi connectivity index (χ1v) is 5.06. The van der Waals surface area contributed by atoms with Crippen molar-refractivity contribution in [2.45, 2.75) is 27.7 Å². The monoisotopic (exact) mass is 201 g/mol. The summed E-state index contributed by atoms with van der Waals surface area (Å²) < 4.78 is 0. The maximum absolute atomic E-state index is 4.39. The second-order valence-corrected chi connectivity index (χ2v) is 3.95. The number of rotatable bonds is 1. The molecule has 0 N–H and O–H groups in total. The predicted molar refractivity (Wildman–Crippen MR) is 60.3 cm³/mol. The van der Waals surface area contributed by atoms with E-state index in [-0.39, 0.29) is 0 Å². The highest BCUT2D eigenvalue weighted by Crippen LogP contribution is 2.14. The second kappa shape index (κ2) is 3.50. The highest BCUT2D eigenvalue weighted by Gasteiger charge is 2.06. The number of nitrogens with zero attached hydrogens (tertiary/aromatic N) is 3. The van der Waals surface area contributed by atoms with Crippen LogP contribution >= 0.6 is 0 Å². The quantitative estimate of drug-likeness (QED) is 0.709. The standard InChI is InChI=1S/C12H15N3/c1-8-5-6-9(2)12(7-8)15-13-10(3)11(4)14-15/h5-7H,1-4H3. The highest BCUT2D eigenvalue weighted by atomic mass is 15.5. The van der Waals surface area contributed by atoms with Crippen LogP contribution in [0.2, 0.25) is 0 Å². The van der Waals surface area contributed by atoms with E-state index in [1.165, 1.54) is 11.1 Å². The Balaban J connectivity index is 2.58. The molecule has 0 radical (unpaired) electrons. The number of hydrogen-bond donors (Lipinski definition) is 0. The van der Waals surface area contributed by atoms with Crippen molar-refractivity contribution in [3.63, 3.8) is 0 Å². The van der Waals surface area contributed by atoms with E-state index in [9.17, 15) is 0 Å². The maximum Gasteiger partial charge on any atom is 0.0888 e. The summed E-state index contributed by atoms with van der Waals surface area (Å²) in [6, 6.07) is 6.30. The van der Waals surface area contributed by atoms with Gasteiger partial charge in [0.15, 0.2) is 0 Å². The van der Waals surface area contributed by atoms with Crippen LogP contribution in [0.15, 0.2) is 18.2 Å². The van der Waals surface area contributed by atoms with Gasteiger partial charge in [-0.2, -0.15) is 15.0 Å². The van der Waals surface area contributed by atoms with E-state index in [0.29, 0.717) is 0 Å². The fourth-order valence-electron chi connectivity index (χ4n) is 1.49. The largest absolute Gasteiger partial charge is 0.153 e. The van der Waals surface area contributed by atoms with Crippen LogP contribution in [0.5, 0.6) is 0 Å². The third-order valence-electron chi connectivity index (χ3n) is 2.59. The van der Waals surface area contributed by atoms with Crippen molar-refractivity contribution < 1.29 is 0 Å². The smallest absolute Gasteiger partial charge is 0.0888 e. The van der Waals surface area contributed by atoms with Crippen LogP contribution in [0, 0.1) is 27.7 Å². The summed E-state index contributed by atoms with van der Waals surface area (Å²) in [6.07, 6.45) is 0. The fraction of sp³-hybridized carbons (Fsp3) is 0.333. The Morgan fingerprint density at radius 3 is 2.13 bits per heavy atom. The molecule has 2 aromatic rings. The predicted octanol–water partition coefficient (Wildman–Crippen LogP) is 2.50. The second-order valence-electron chi connectivity index (χ2n) is 3.95. The topological polar surface area (TPSA) is 30.7 Å². The van der Waals surface area contributed by atoms with E-state index in [1.807, 2.05) is 13.8 Å². The van der Waals surface area contributed by atoms with Gasteiger partial charge in [0.25, 0.3) is 0 Å². The van der Waals surface area contributed by atoms with Crippen molar-refractivity contribution in [2.24, 2.45) is 0 Å². The molecule has 0 aliphatic rings. The lowest BCUT2D eigenvalue weighted by atomic mass is 10.1. The average Bonchev–Trinajstić information content (AvgIpc) is 2.51. The molecular formula is C12H15N3. The molecule has 0 saturated carbocycles. The van der Waals surface area contributed by atoms with Crippen molar-refractivity contribution in [3.05, 3.63) is 40.7 Å². The summed E-state index contributed by atoms with van der Waals surface area (Å²) >= 11 is 0.